The zero-order valence-electron chi connectivity index (χ0n) is 16.4. The van der Waals surface area contributed by atoms with E-state index in [4.69, 9.17) is 18.7 Å². The standard InChI is InChI=1S/C21H26N2O5/c1-14-18-11-17(5-7-19(18)28-23-14)27-13-16(24)12-22-9-8-15-4-6-20(25-2)21(10-15)26-3/h4-7,10-11,16,22,24H,8-9,12-13H2,1-3H3. The number of nitrogens with zero attached hydrogens (tertiary/aromatic N) is 1. The number of aromatic nitrogens is 1. The molecule has 3 aromatic rings. The normalized spacial score (nSPS) is 12.1. The van der Waals surface area contributed by atoms with E-state index in [2.05, 4.69) is 10.5 Å². The molecular formula is C21H26N2O5. The minimum Gasteiger partial charge on any atom is -0.493 e. The van der Waals surface area contributed by atoms with Crippen LogP contribution in [0.2, 0.25) is 0 Å². The van der Waals surface area contributed by atoms with Crippen molar-refractivity contribution in [3.63, 3.8) is 0 Å². The van der Waals surface area contributed by atoms with E-state index >= 15 is 0 Å². The molecule has 1 unspecified atom stereocenters. The average Bonchev–Trinajstić information content (AvgIpc) is 3.09. The molecule has 0 spiro atoms. The molecule has 1 atom stereocenters. The van der Waals surface area contributed by atoms with Gasteiger partial charge >= 0.3 is 0 Å². The second-order valence-electron chi connectivity index (χ2n) is 6.53. The first-order valence-electron chi connectivity index (χ1n) is 9.19. The Hall–Kier alpha value is -2.77. The lowest BCUT2D eigenvalue weighted by Gasteiger charge is -2.14. The van der Waals surface area contributed by atoms with Gasteiger partial charge in [0.25, 0.3) is 0 Å². The van der Waals surface area contributed by atoms with Gasteiger partial charge < -0.3 is 29.2 Å². The van der Waals surface area contributed by atoms with Gasteiger partial charge in [-0.25, -0.2) is 0 Å². The molecule has 0 saturated carbocycles. The number of rotatable bonds is 10. The molecule has 0 amide bonds. The number of ether oxygens (including phenoxy) is 3. The third-order valence-electron chi connectivity index (χ3n) is 4.48. The molecule has 1 aromatic heterocycles. The minimum absolute atomic E-state index is 0.208. The van der Waals surface area contributed by atoms with Crippen LogP contribution in [0.15, 0.2) is 40.9 Å². The predicted molar refractivity (Wildman–Crippen MR) is 106 cm³/mol. The number of benzene rings is 2. The van der Waals surface area contributed by atoms with E-state index < -0.39 is 6.10 Å². The minimum atomic E-state index is -0.607. The SMILES string of the molecule is COc1ccc(CCNCC(O)COc2ccc3onc(C)c3c2)cc1OC. The lowest BCUT2D eigenvalue weighted by Crippen LogP contribution is -2.32. The number of aliphatic hydroxyl groups excluding tert-OH is 1. The maximum atomic E-state index is 10.1. The molecule has 3 rings (SSSR count). The molecule has 0 aliphatic heterocycles. The molecule has 150 valence electrons. The molecule has 1 heterocycles. The number of nitrogens with one attached hydrogen (secondary N) is 1. The van der Waals surface area contributed by atoms with E-state index in [0.29, 0.717) is 23.8 Å². The van der Waals surface area contributed by atoms with Crippen molar-refractivity contribution in [2.75, 3.05) is 33.9 Å². The first-order valence-corrected chi connectivity index (χ1v) is 9.19. The van der Waals surface area contributed by atoms with Crippen molar-refractivity contribution in [1.82, 2.24) is 10.5 Å². The first-order chi connectivity index (χ1) is 13.6. The number of aliphatic hydroxyl groups is 1. The molecule has 0 saturated heterocycles. The molecule has 2 aromatic carbocycles. The largest absolute Gasteiger partial charge is 0.493 e. The van der Waals surface area contributed by atoms with Crippen LogP contribution < -0.4 is 19.5 Å². The lowest BCUT2D eigenvalue weighted by molar-refractivity contribution is 0.107. The van der Waals surface area contributed by atoms with Gasteiger partial charge in [-0.05, 0) is 55.8 Å². The van der Waals surface area contributed by atoms with Gasteiger partial charge in [-0.1, -0.05) is 11.2 Å². The number of hydrogen-bond donors (Lipinski definition) is 2. The van der Waals surface area contributed by atoms with Crippen molar-refractivity contribution in [2.24, 2.45) is 0 Å². The Morgan fingerprint density at radius 3 is 2.71 bits per heavy atom. The van der Waals surface area contributed by atoms with Crippen LogP contribution in [0.1, 0.15) is 11.3 Å². The third-order valence-corrected chi connectivity index (χ3v) is 4.48. The smallest absolute Gasteiger partial charge is 0.167 e. The van der Waals surface area contributed by atoms with Gasteiger partial charge in [-0.15, -0.1) is 0 Å². The number of methoxy groups -OCH3 is 2. The molecule has 0 radical (unpaired) electrons. The zero-order chi connectivity index (χ0) is 19.9. The van der Waals surface area contributed by atoms with Gasteiger partial charge in [0.05, 0.1) is 19.9 Å². The van der Waals surface area contributed by atoms with Crippen LogP contribution in [0.5, 0.6) is 17.2 Å². The summed E-state index contributed by atoms with van der Waals surface area (Å²) in [7, 11) is 3.24. The fourth-order valence-electron chi connectivity index (χ4n) is 2.92. The molecule has 7 nitrogen and oxygen atoms in total. The Balaban J connectivity index is 1.40. The Morgan fingerprint density at radius 1 is 1.11 bits per heavy atom. The first kappa shape index (κ1) is 20.0. The summed E-state index contributed by atoms with van der Waals surface area (Å²) in [6, 6.07) is 11.4. The van der Waals surface area contributed by atoms with Crippen molar-refractivity contribution in [1.29, 1.82) is 0 Å². The summed E-state index contributed by atoms with van der Waals surface area (Å²) in [5, 5.41) is 18.2. The van der Waals surface area contributed by atoms with Crippen molar-refractivity contribution >= 4 is 11.0 Å². The Bertz CT molecular complexity index is 909. The van der Waals surface area contributed by atoms with Crippen LogP contribution >= 0.6 is 0 Å². The Kier molecular flexibility index (Phi) is 6.73. The second kappa shape index (κ2) is 9.43. The predicted octanol–water partition coefficient (Wildman–Crippen LogP) is 2.73. The van der Waals surface area contributed by atoms with Crippen LogP contribution in [-0.4, -0.2) is 50.3 Å². The third kappa shape index (κ3) is 4.94. The number of fused-ring (bicyclic) bond motifs is 1. The van der Waals surface area contributed by atoms with Gasteiger partial charge in [0, 0.05) is 11.9 Å². The summed E-state index contributed by atoms with van der Waals surface area (Å²) in [6.07, 6.45) is 0.210. The van der Waals surface area contributed by atoms with Crippen molar-refractivity contribution in [2.45, 2.75) is 19.4 Å². The zero-order valence-corrected chi connectivity index (χ0v) is 16.4. The molecule has 0 aliphatic carbocycles. The van der Waals surface area contributed by atoms with Gasteiger partial charge in [0.1, 0.15) is 18.5 Å². The molecule has 28 heavy (non-hydrogen) atoms. The maximum absolute atomic E-state index is 10.1. The number of hydrogen-bond acceptors (Lipinski definition) is 7. The van der Waals surface area contributed by atoms with Crippen molar-refractivity contribution < 1.29 is 23.8 Å². The fraction of sp³-hybridized carbons (Fsp3) is 0.381. The van der Waals surface area contributed by atoms with E-state index in [1.807, 2.05) is 43.3 Å². The van der Waals surface area contributed by atoms with Gasteiger partial charge in [0.15, 0.2) is 17.1 Å². The highest BCUT2D eigenvalue weighted by Gasteiger charge is 2.09. The maximum Gasteiger partial charge on any atom is 0.167 e. The highest BCUT2D eigenvalue weighted by atomic mass is 16.5. The van der Waals surface area contributed by atoms with E-state index in [0.717, 1.165) is 35.2 Å². The molecule has 0 fully saturated rings. The summed E-state index contributed by atoms with van der Waals surface area (Å²) < 4.78 is 21.4. The summed E-state index contributed by atoms with van der Waals surface area (Å²) in [5.74, 6) is 2.11. The van der Waals surface area contributed by atoms with Crippen molar-refractivity contribution in [3.8, 4) is 17.2 Å². The molecule has 2 N–H and O–H groups in total. The topological polar surface area (TPSA) is 86.0 Å². The number of aryl methyl sites for hydroxylation is 1. The van der Waals surface area contributed by atoms with Crippen molar-refractivity contribution in [3.05, 3.63) is 47.7 Å². The summed E-state index contributed by atoms with van der Waals surface area (Å²) in [4.78, 5) is 0. The van der Waals surface area contributed by atoms with Crippen LogP contribution in [0.3, 0.4) is 0 Å². The lowest BCUT2D eigenvalue weighted by atomic mass is 10.1. The second-order valence-corrected chi connectivity index (χ2v) is 6.53. The fourth-order valence-corrected chi connectivity index (χ4v) is 2.92. The molecule has 0 bridgehead atoms. The molecule has 0 aliphatic rings. The molecular weight excluding hydrogens is 360 g/mol. The van der Waals surface area contributed by atoms with Crippen LogP contribution in [-0.2, 0) is 6.42 Å². The molecule has 7 heteroatoms. The van der Waals surface area contributed by atoms with Crippen LogP contribution in [0, 0.1) is 6.92 Å². The summed E-state index contributed by atoms with van der Waals surface area (Å²) in [6.45, 7) is 3.27. The highest BCUT2D eigenvalue weighted by molar-refractivity contribution is 5.80. The van der Waals surface area contributed by atoms with Gasteiger partial charge in [0.2, 0.25) is 0 Å². The van der Waals surface area contributed by atoms with E-state index in [-0.39, 0.29) is 6.61 Å². The summed E-state index contributed by atoms with van der Waals surface area (Å²) >= 11 is 0. The Labute approximate surface area is 164 Å². The van der Waals surface area contributed by atoms with Crippen LogP contribution in [0.4, 0.5) is 0 Å². The van der Waals surface area contributed by atoms with Gasteiger partial charge in [-0.3, -0.25) is 0 Å². The van der Waals surface area contributed by atoms with E-state index in [1.165, 1.54) is 0 Å². The average molecular weight is 386 g/mol. The monoisotopic (exact) mass is 386 g/mol. The quantitative estimate of drug-likeness (QED) is 0.518. The van der Waals surface area contributed by atoms with E-state index in [1.54, 1.807) is 14.2 Å². The summed E-state index contributed by atoms with van der Waals surface area (Å²) in [5.41, 5.74) is 2.67. The highest BCUT2D eigenvalue weighted by Crippen LogP contribution is 2.27. The van der Waals surface area contributed by atoms with Crippen LogP contribution in [0.25, 0.3) is 11.0 Å². The Morgan fingerprint density at radius 2 is 1.93 bits per heavy atom. The van der Waals surface area contributed by atoms with Gasteiger partial charge in [-0.2, -0.15) is 0 Å². The van der Waals surface area contributed by atoms with E-state index in [9.17, 15) is 5.11 Å².